The zero-order valence-corrected chi connectivity index (χ0v) is 8.27. The van der Waals surface area contributed by atoms with Gasteiger partial charge in [-0.25, -0.2) is 4.98 Å². The second-order valence-electron chi connectivity index (χ2n) is 3.23. The number of nitrogens with zero attached hydrogens (tertiary/aromatic N) is 4. The molecule has 0 aromatic carbocycles. The van der Waals surface area contributed by atoms with Gasteiger partial charge in [-0.15, -0.1) is 10.2 Å². The second-order valence-corrected chi connectivity index (χ2v) is 3.23. The van der Waals surface area contributed by atoms with Crippen LogP contribution in [0.3, 0.4) is 0 Å². The molecule has 0 saturated carbocycles. The van der Waals surface area contributed by atoms with Gasteiger partial charge in [0.25, 0.3) is 5.78 Å². The molecule has 0 N–H and O–H groups in total. The number of imidazole rings is 1. The van der Waals surface area contributed by atoms with Gasteiger partial charge in [0, 0.05) is 12.6 Å². The maximum absolute atomic E-state index is 11.2. The molecule has 5 heteroatoms. The van der Waals surface area contributed by atoms with Gasteiger partial charge in [0.15, 0.2) is 5.78 Å². The summed E-state index contributed by atoms with van der Waals surface area (Å²) in [6.07, 6.45) is 1.71. The van der Waals surface area contributed by atoms with Crippen LogP contribution in [0.5, 0.6) is 0 Å². The maximum Gasteiger partial charge on any atom is 0.254 e. The summed E-state index contributed by atoms with van der Waals surface area (Å²) in [5, 5.41) is 7.70. The molecule has 2 aromatic heterocycles. The van der Waals surface area contributed by atoms with E-state index in [9.17, 15) is 4.79 Å². The van der Waals surface area contributed by atoms with E-state index in [1.807, 2.05) is 18.2 Å². The van der Waals surface area contributed by atoms with E-state index < -0.39 is 0 Å². The van der Waals surface area contributed by atoms with Crippen LogP contribution in [0.4, 0.5) is 0 Å². The fourth-order valence-electron chi connectivity index (χ4n) is 1.51. The van der Waals surface area contributed by atoms with Crippen molar-refractivity contribution in [3.8, 4) is 0 Å². The van der Waals surface area contributed by atoms with Crippen molar-refractivity contribution in [1.29, 1.82) is 0 Å². The van der Waals surface area contributed by atoms with Crippen LogP contribution in [-0.4, -0.2) is 25.4 Å². The summed E-state index contributed by atoms with van der Waals surface area (Å²) in [7, 11) is 0. The first-order valence-electron chi connectivity index (χ1n) is 4.29. The van der Waals surface area contributed by atoms with Crippen LogP contribution in [0.25, 0.3) is 5.78 Å². The Balaban J connectivity index is 2.86. The third-order valence-corrected chi connectivity index (χ3v) is 2.17. The summed E-state index contributed by atoms with van der Waals surface area (Å²) in [5.41, 5.74) is 2.14. The number of Topliss-reactive ketones (excluding diaryl/α,β-unsaturated/α-hetero) is 1. The first-order chi connectivity index (χ1) is 6.61. The lowest BCUT2D eigenvalue weighted by Gasteiger charge is -2.03. The molecule has 0 atom stereocenters. The Hall–Kier alpha value is -1.78. The number of carbonyl (C=O) groups is 1. The Bertz CT molecular complexity index is 515. The van der Waals surface area contributed by atoms with Crippen LogP contribution >= 0.6 is 0 Å². The van der Waals surface area contributed by atoms with Gasteiger partial charge in [0.05, 0.1) is 11.9 Å². The van der Waals surface area contributed by atoms with Crippen LogP contribution in [0.2, 0.25) is 0 Å². The minimum Gasteiger partial charge on any atom is -0.293 e. The van der Waals surface area contributed by atoms with Gasteiger partial charge in [-0.3, -0.25) is 9.20 Å². The molecule has 0 amide bonds. The van der Waals surface area contributed by atoms with Gasteiger partial charge in [-0.1, -0.05) is 0 Å². The number of rotatable bonds is 1. The van der Waals surface area contributed by atoms with Crippen LogP contribution in [0.15, 0.2) is 6.20 Å². The summed E-state index contributed by atoms with van der Waals surface area (Å²) in [6, 6.07) is 0. The third kappa shape index (κ3) is 1.09. The van der Waals surface area contributed by atoms with E-state index in [0.29, 0.717) is 11.5 Å². The summed E-state index contributed by atoms with van der Waals surface area (Å²) >= 11 is 0. The van der Waals surface area contributed by atoms with E-state index in [4.69, 9.17) is 0 Å². The predicted octanol–water partition coefficient (Wildman–Crippen LogP) is 0.944. The molecule has 0 aliphatic heterocycles. The van der Waals surface area contributed by atoms with Crippen molar-refractivity contribution in [3.63, 3.8) is 0 Å². The standard InChI is InChI=1S/C9H10N4O/c1-5-4-10-9-12-11-8(7(3)14)6(2)13(5)9/h4H,1-3H3. The molecule has 0 saturated heterocycles. The van der Waals surface area contributed by atoms with Gasteiger partial charge >= 0.3 is 0 Å². The predicted molar refractivity (Wildman–Crippen MR) is 50.3 cm³/mol. The number of aromatic nitrogens is 4. The quantitative estimate of drug-likeness (QED) is 0.628. The van der Waals surface area contributed by atoms with E-state index in [-0.39, 0.29) is 5.78 Å². The number of ketones is 1. The Morgan fingerprint density at radius 1 is 1.36 bits per heavy atom. The average Bonchev–Trinajstić information content (AvgIpc) is 2.48. The minimum absolute atomic E-state index is 0.0787. The van der Waals surface area contributed by atoms with E-state index in [2.05, 4.69) is 15.2 Å². The molecule has 0 fully saturated rings. The minimum atomic E-state index is -0.0787. The van der Waals surface area contributed by atoms with Crippen LogP contribution in [0, 0.1) is 13.8 Å². The lowest BCUT2D eigenvalue weighted by atomic mass is 10.2. The number of hydrogen-bond acceptors (Lipinski definition) is 4. The fraction of sp³-hybridized carbons (Fsp3) is 0.333. The van der Waals surface area contributed by atoms with Gasteiger partial charge < -0.3 is 0 Å². The fourth-order valence-corrected chi connectivity index (χ4v) is 1.51. The van der Waals surface area contributed by atoms with Crippen molar-refractivity contribution < 1.29 is 4.79 Å². The molecule has 72 valence electrons. The Morgan fingerprint density at radius 2 is 2.07 bits per heavy atom. The molecule has 14 heavy (non-hydrogen) atoms. The Morgan fingerprint density at radius 3 is 2.71 bits per heavy atom. The van der Waals surface area contributed by atoms with Gasteiger partial charge in [-0.05, 0) is 13.8 Å². The molecule has 0 bridgehead atoms. The SMILES string of the molecule is CC(=O)c1nnc2ncc(C)n2c1C. The van der Waals surface area contributed by atoms with E-state index in [0.717, 1.165) is 11.4 Å². The maximum atomic E-state index is 11.2. The van der Waals surface area contributed by atoms with Crippen molar-refractivity contribution in [2.75, 3.05) is 0 Å². The van der Waals surface area contributed by atoms with Crippen molar-refractivity contribution in [3.05, 3.63) is 23.3 Å². The highest BCUT2D eigenvalue weighted by Gasteiger charge is 2.12. The monoisotopic (exact) mass is 190 g/mol. The number of aryl methyl sites for hydroxylation is 2. The first-order valence-corrected chi connectivity index (χ1v) is 4.29. The first kappa shape index (κ1) is 8.80. The number of fused-ring (bicyclic) bond motifs is 1. The molecule has 2 rings (SSSR count). The Labute approximate surface area is 80.8 Å². The highest BCUT2D eigenvalue weighted by Crippen LogP contribution is 2.09. The molecule has 0 aliphatic carbocycles. The topological polar surface area (TPSA) is 60.2 Å². The van der Waals surface area contributed by atoms with Crippen molar-refractivity contribution in [2.45, 2.75) is 20.8 Å². The molecule has 5 nitrogen and oxygen atoms in total. The van der Waals surface area contributed by atoms with Crippen LogP contribution in [0.1, 0.15) is 28.8 Å². The van der Waals surface area contributed by atoms with Crippen LogP contribution < -0.4 is 0 Å². The molecule has 2 aromatic rings. The lowest BCUT2D eigenvalue weighted by molar-refractivity contribution is 0.101. The summed E-state index contributed by atoms with van der Waals surface area (Å²) < 4.78 is 1.82. The summed E-state index contributed by atoms with van der Waals surface area (Å²) in [4.78, 5) is 15.3. The zero-order valence-electron chi connectivity index (χ0n) is 8.27. The van der Waals surface area contributed by atoms with Gasteiger partial charge in [-0.2, -0.15) is 0 Å². The van der Waals surface area contributed by atoms with Crippen molar-refractivity contribution >= 4 is 11.6 Å². The lowest BCUT2D eigenvalue weighted by Crippen LogP contribution is -2.08. The van der Waals surface area contributed by atoms with Crippen molar-refractivity contribution in [1.82, 2.24) is 19.6 Å². The third-order valence-electron chi connectivity index (χ3n) is 2.17. The number of carbonyl (C=O) groups excluding carboxylic acids is 1. The van der Waals surface area contributed by atoms with Gasteiger partial charge in [0.2, 0.25) is 0 Å². The molecule has 2 heterocycles. The van der Waals surface area contributed by atoms with Crippen molar-refractivity contribution in [2.24, 2.45) is 0 Å². The number of hydrogen-bond donors (Lipinski definition) is 0. The second kappa shape index (κ2) is 2.87. The van der Waals surface area contributed by atoms with Gasteiger partial charge in [0.1, 0.15) is 5.69 Å². The van der Waals surface area contributed by atoms with E-state index >= 15 is 0 Å². The molecular weight excluding hydrogens is 180 g/mol. The summed E-state index contributed by atoms with van der Waals surface area (Å²) in [6.45, 7) is 5.24. The highest BCUT2D eigenvalue weighted by molar-refractivity contribution is 5.93. The normalized spacial score (nSPS) is 10.8. The molecule has 0 unspecified atom stereocenters. The highest BCUT2D eigenvalue weighted by atomic mass is 16.1. The summed E-state index contributed by atoms with van der Waals surface area (Å²) in [5.74, 6) is 0.454. The zero-order chi connectivity index (χ0) is 10.3. The average molecular weight is 190 g/mol. The largest absolute Gasteiger partial charge is 0.293 e. The molecule has 0 spiro atoms. The van der Waals surface area contributed by atoms with E-state index in [1.165, 1.54) is 6.92 Å². The molecular formula is C9H10N4O. The molecule has 0 aliphatic rings. The Kier molecular flexibility index (Phi) is 1.80. The molecule has 0 radical (unpaired) electrons. The van der Waals surface area contributed by atoms with E-state index in [1.54, 1.807) is 6.20 Å². The van der Waals surface area contributed by atoms with Crippen LogP contribution in [-0.2, 0) is 0 Å². The smallest absolute Gasteiger partial charge is 0.254 e.